The Morgan fingerprint density at radius 3 is 1.48 bits per heavy atom. The number of aliphatic hydroxyl groups is 2. The lowest BCUT2D eigenvalue weighted by Crippen LogP contribution is -2.52. The Hall–Kier alpha value is -5.73. The third-order valence-electron chi connectivity index (χ3n) is 13.0. The van der Waals surface area contributed by atoms with Crippen LogP contribution in [0.3, 0.4) is 0 Å². The zero-order valence-electron chi connectivity index (χ0n) is 47.0. The van der Waals surface area contributed by atoms with Gasteiger partial charge >= 0.3 is 12.2 Å². The van der Waals surface area contributed by atoms with Crippen LogP contribution in [0.1, 0.15) is 75.6 Å². The summed E-state index contributed by atoms with van der Waals surface area (Å²) < 4.78 is 81.7. The van der Waals surface area contributed by atoms with E-state index in [0.29, 0.717) is 45.6 Å². The number of hydrogen-bond acceptors (Lipinski definition) is 17. The summed E-state index contributed by atoms with van der Waals surface area (Å²) in [7, 11) is -2.48. The zero-order valence-corrected chi connectivity index (χ0v) is 49.4. The molecular weight excluding hydrogens is 1100 g/mol. The van der Waals surface area contributed by atoms with Gasteiger partial charge in [-0.2, -0.15) is 14.8 Å². The lowest BCUT2D eigenvalue weighted by Gasteiger charge is -2.35. The zero-order chi connectivity index (χ0) is 59.5. The van der Waals surface area contributed by atoms with E-state index in [2.05, 4.69) is 41.9 Å². The second-order valence-corrected chi connectivity index (χ2v) is 25.9. The fourth-order valence-electron chi connectivity index (χ4n) is 8.32. The number of ether oxygens (including phenoxy) is 6. The molecule has 5 N–H and O–H groups in total. The van der Waals surface area contributed by atoms with E-state index < -0.39 is 73.2 Å². The molecule has 23 heteroatoms. The number of hydrogen-bond donors (Lipinski definition) is 5. The number of amides is 2. The predicted octanol–water partition coefficient (Wildman–Crippen LogP) is 7.29. The minimum Gasteiger partial charge on any atom is -0.441 e. The SMILES string of the molecule is CC(C)(CCC#N)CNCC(O)[C@H](Cc1ccccc1)NC(=O)OC1COCOC1.Cc1ccc(S(=O)(=O)Cl)cc1.Cc1ccc(S(=O)(=O)N(CC(O)[C@H](Cc2ccccc2)NC(=O)OC2COCOC2)CC(C)(C)CCC#N)cc1. The van der Waals surface area contributed by atoms with Crippen molar-refractivity contribution in [1.29, 1.82) is 10.5 Å². The number of carbonyl (C=O) groups excluding carboxylic acids is 2. The maximum absolute atomic E-state index is 13.8. The third kappa shape index (κ3) is 25.9. The Morgan fingerprint density at radius 1 is 0.654 bits per heavy atom. The van der Waals surface area contributed by atoms with Gasteiger partial charge in [-0.3, -0.25) is 0 Å². The fourth-order valence-corrected chi connectivity index (χ4v) is 10.7. The van der Waals surface area contributed by atoms with Crippen molar-refractivity contribution in [2.75, 3.05) is 66.2 Å². The molecule has 0 radical (unpaired) electrons. The van der Waals surface area contributed by atoms with Crippen LogP contribution in [0.4, 0.5) is 9.59 Å². The number of rotatable bonds is 25. The van der Waals surface area contributed by atoms with Gasteiger partial charge in [0.15, 0.2) is 12.2 Å². The maximum atomic E-state index is 13.8. The number of nitrogens with zero attached hydrogens (tertiary/aromatic N) is 3. The molecule has 6 rings (SSSR count). The molecule has 4 aromatic rings. The van der Waals surface area contributed by atoms with E-state index in [1.54, 1.807) is 24.3 Å². The molecule has 4 aromatic carbocycles. The third-order valence-corrected chi connectivity index (χ3v) is 16.2. The van der Waals surface area contributed by atoms with Crippen molar-refractivity contribution in [3.05, 3.63) is 131 Å². The number of sulfonamides is 1. The quantitative estimate of drug-likeness (QED) is 0.0407. The molecule has 444 valence electrons. The van der Waals surface area contributed by atoms with Gasteiger partial charge in [-0.1, -0.05) is 124 Å². The largest absolute Gasteiger partial charge is 0.441 e. The first-order valence-corrected chi connectivity index (χ1v) is 30.4. The Balaban J connectivity index is 0.000000301. The first kappa shape index (κ1) is 67.8. The highest BCUT2D eigenvalue weighted by Gasteiger charge is 2.35. The highest BCUT2D eigenvalue weighted by atomic mass is 35.7. The van der Waals surface area contributed by atoms with E-state index in [1.807, 2.05) is 88.4 Å². The Kier molecular flexibility index (Phi) is 28.5. The van der Waals surface area contributed by atoms with Crippen molar-refractivity contribution in [3.63, 3.8) is 0 Å². The molecule has 2 fully saturated rings. The average Bonchev–Trinajstić information content (AvgIpc) is 3.43. The van der Waals surface area contributed by atoms with Gasteiger partial charge in [0, 0.05) is 49.7 Å². The highest BCUT2D eigenvalue weighted by molar-refractivity contribution is 8.13. The number of benzene rings is 4. The number of alkyl carbamates (subject to hydrolysis) is 2. The second-order valence-electron chi connectivity index (χ2n) is 21.4. The summed E-state index contributed by atoms with van der Waals surface area (Å²) in [6.07, 6.45) is -1.80. The normalized spacial score (nSPS) is 15.9. The lowest BCUT2D eigenvalue weighted by atomic mass is 9.88. The van der Waals surface area contributed by atoms with Gasteiger partial charge < -0.3 is 54.6 Å². The first-order chi connectivity index (χ1) is 38.4. The minimum absolute atomic E-state index is 0.0578. The monoisotopic (exact) mass is 1180 g/mol. The van der Waals surface area contributed by atoms with Gasteiger partial charge in [0.1, 0.15) is 13.6 Å². The molecule has 0 aliphatic carbocycles. The van der Waals surface area contributed by atoms with Crippen molar-refractivity contribution in [3.8, 4) is 12.1 Å². The van der Waals surface area contributed by atoms with Crippen LogP contribution in [-0.2, 0) is 60.3 Å². The van der Waals surface area contributed by atoms with Gasteiger partial charge in [0.25, 0.3) is 9.05 Å². The van der Waals surface area contributed by atoms with Gasteiger partial charge in [-0.15, -0.1) is 0 Å². The molecule has 2 saturated heterocycles. The molecule has 2 amide bonds. The van der Waals surface area contributed by atoms with Crippen LogP contribution in [0.5, 0.6) is 0 Å². The molecule has 2 unspecified atom stereocenters. The van der Waals surface area contributed by atoms with Crippen LogP contribution >= 0.6 is 10.7 Å². The minimum atomic E-state index is -4.02. The molecule has 0 saturated carbocycles. The molecule has 2 heterocycles. The van der Waals surface area contributed by atoms with Crippen LogP contribution < -0.4 is 16.0 Å². The molecule has 4 atom stereocenters. The second kappa shape index (κ2) is 34.0. The van der Waals surface area contributed by atoms with Gasteiger partial charge in [0.05, 0.1) is 72.6 Å². The Labute approximate surface area is 482 Å². The van der Waals surface area contributed by atoms with Crippen molar-refractivity contribution < 1.29 is 65.1 Å². The predicted molar refractivity (Wildman–Crippen MR) is 305 cm³/mol. The number of halogens is 1. The molecule has 0 aromatic heterocycles. The summed E-state index contributed by atoms with van der Waals surface area (Å²) in [4.78, 5) is 25.4. The summed E-state index contributed by atoms with van der Waals surface area (Å²) in [6.45, 7) is 13.7. The summed E-state index contributed by atoms with van der Waals surface area (Å²) in [5.41, 5.74) is 3.17. The highest BCUT2D eigenvalue weighted by Crippen LogP contribution is 2.28. The molecule has 2 aliphatic rings. The molecule has 0 spiro atoms. The van der Waals surface area contributed by atoms with Crippen LogP contribution in [0.25, 0.3) is 0 Å². The van der Waals surface area contributed by atoms with Gasteiger partial charge in [-0.25, -0.2) is 26.4 Å². The van der Waals surface area contributed by atoms with E-state index in [1.165, 1.54) is 28.6 Å². The van der Waals surface area contributed by atoms with Crippen LogP contribution in [-0.4, -0.2) is 146 Å². The Morgan fingerprint density at radius 2 is 1.06 bits per heavy atom. The van der Waals surface area contributed by atoms with E-state index in [0.717, 1.165) is 28.7 Å². The van der Waals surface area contributed by atoms with Crippen molar-refractivity contribution in [2.45, 2.75) is 126 Å². The standard InChI is InChI=1S/C29H39N3O7S.C22H33N3O5.C7H7ClO2S/c1-22-10-12-25(13-11-22)40(35,36)32(20-29(2,3)14-7-15-30)17-27(33)26(16-23-8-5-4-6-9-23)31-28(34)39-24-18-37-21-38-19-24;1-22(2,9-6-10-23)15-24-12-20(26)19(11-17-7-4-3-5-8-17)25-21(27)30-18-13-28-16-29-14-18;1-6-2-4-7(5-3-6)11(8,9)10/h4-6,8-13,24,26-27,33H,7,14,16-21H2,1-3H3,(H,31,34);3-5,7-8,18-20,24,26H,6,9,11-16H2,1-2H3,(H,25,27);2-5H,1H3/t26-,27?;19-,20?;/m00./s1. The molecule has 2 aliphatic heterocycles. The fraction of sp³-hybridized carbons (Fsp3) is 0.517. The summed E-state index contributed by atoms with van der Waals surface area (Å²) in [5, 5.41) is 48.9. The summed E-state index contributed by atoms with van der Waals surface area (Å²) >= 11 is 0. The average molecular weight is 1180 g/mol. The van der Waals surface area contributed by atoms with Crippen molar-refractivity contribution in [2.24, 2.45) is 10.8 Å². The topological polar surface area (TPSA) is 285 Å². The lowest BCUT2D eigenvalue weighted by molar-refractivity contribution is -0.151. The molecule has 20 nitrogen and oxygen atoms in total. The molecular formula is C58H79ClN6O14S2. The van der Waals surface area contributed by atoms with Crippen LogP contribution in [0.2, 0.25) is 0 Å². The van der Waals surface area contributed by atoms with Crippen molar-refractivity contribution in [1.82, 2.24) is 20.3 Å². The first-order valence-electron chi connectivity index (χ1n) is 26.6. The number of aryl methyl sites for hydroxylation is 2. The molecule has 0 bridgehead atoms. The van der Waals surface area contributed by atoms with E-state index >= 15 is 0 Å². The summed E-state index contributed by atoms with van der Waals surface area (Å²) in [5.74, 6) is 0. The van der Waals surface area contributed by atoms with E-state index in [9.17, 15) is 36.6 Å². The maximum Gasteiger partial charge on any atom is 0.407 e. The van der Waals surface area contributed by atoms with Crippen molar-refractivity contribution >= 4 is 41.9 Å². The van der Waals surface area contributed by atoms with E-state index in [-0.39, 0.29) is 67.9 Å². The van der Waals surface area contributed by atoms with E-state index in [4.69, 9.17) is 49.6 Å². The number of nitriles is 2. The number of aliphatic hydroxyl groups excluding tert-OH is 2. The Bertz CT molecular complexity index is 2810. The van der Waals surface area contributed by atoms with Crippen LogP contribution in [0.15, 0.2) is 119 Å². The van der Waals surface area contributed by atoms with Gasteiger partial charge in [-0.05, 0) is 85.8 Å². The van der Waals surface area contributed by atoms with Crippen LogP contribution in [0, 0.1) is 47.3 Å². The van der Waals surface area contributed by atoms with Gasteiger partial charge in [0.2, 0.25) is 10.0 Å². The smallest absolute Gasteiger partial charge is 0.407 e. The molecule has 81 heavy (non-hydrogen) atoms. The summed E-state index contributed by atoms with van der Waals surface area (Å²) in [6, 6.07) is 34.7. The number of nitrogens with one attached hydrogen (secondary N) is 3. The number of carbonyl (C=O) groups is 2.